The molecule has 2 N–H and O–H groups in total. The van der Waals surface area contributed by atoms with Gasteiger partial charge in [-0.1, -0.05) is 30.3 Å². The molecule has 120 valence electrons. The minimum absolute atomic E-state index is 0.0234. The quantitative estimate of drug-likeness (QED) is 0.726. The summed E-state index contributed by atoms with van der Waals surface area (Å²) < 4.78 is 11.0. The molecule has 0 amide bonds. The minimum Gasteiger partial charge on any atom is -0.497 e. The van der Waals surface area contributed by atoms with Gasteiger partial charge in [-0.3, -0.25) is 0 Å². The van der Waals surface area contributed by atoms with Crippen molar-refractivity contribution in [2.45, 2.75) is 19.1 Å². The number of furan rings is 1. The summed E-state index contributed by atoms with van der Waals surface area (Å²) in [4.78, 5) is 0. The first-order valence-corrected chi connectivity index (χ1v) is 7.71. The molecule has 0 saturated carbocycles. The largest absolute Gasteiger partial charge is 0.497 e. The molecule has 2 aromatic carbocycles. The third-order valence-electron chi connectivity index (χ3n) is 3.99. The van der Waals surface area contributed by atoms with E-state index in [1.807, 2.05) is 61.5 Å². The Morgan fingerprint density at radius 3 is 2.57 bits per heavy atom. The molecule has 0 bridgehead atoms. The molecule has 0 aliphatic rings. The number of benzene rings is 2. The zero-order valence-electron chi connectivity index (χ0n) is 13.3. The molecule has 3 rings (SSSR count). The van der Waals surface area contributed by atoms with E-state index in [0.717, 1.165) is 28.0 Å². The maximum absolute atomic E-state index is 10.3. The van der Waals surface area contributed by atoms with Crippen LogP contribution in [0, 0.1) is 0 Å². The highest BCUT2D eigenvalue weighted by Gasteiger charge is 2.14. The van der Waals surface area contributed by atoms with Gasteiger partial charge in [-0.05, 0) is 36.8 Å². The third kappa shape index (κ3) is 3.55. The summed E-state index contributed by atoms with van der Waals surface area (Å²) in [7, 11) is 1.63. The number of aliphatic hydroxyl groups is 1. The highest BCUT2D eigenvalue weighted by molar-refractivity contribution is 5.77. The van der Waals surface area contributed by atoms with Crippen LogP contribution in [0.3, 0.4) is 0 Å². The van der Waals surface area contributed by atoms with E-state index in [0.29, 0.717) is 6.54 Å². The highest BCUT2D eigenvalue weighted by Crippen LogP contribution is 2.24. The zero-order valence-corrected chi connectivity index (χ0v) is 13.3. The van der Waals surface area contributed by atoms with E-state index in [4.69, 9.17) is 9.15 Å². The van der Waals surface area contributed by atoms with Crippen LogP contribution in [-0.2, 0) is 0 Å². The van der Waals surface area contributed by atoms with Crippen LogP contribution in [0.5, 0.6) is 5.75 Å². The van der Waals surface area contributed by atoms with Crippen LogP contribution in [-0.4, -0.2) is 18.8 Å². The Labute approximate surface area is 135 Å². The normalized spacial score (nSPS) is 13.9. The smallest absolute Gasteiger partial charge is 0.134 e. The van der Waals surface area contributed by atoms with Gasteiger partial charge < -0.3 is 19.6 Å². The standard InChI is InChI=1S/C19H21NO3/c1-13(19-11-15-5-3-4-6-18(15)23-19)20-12-17(21)14-7-9-16(22-2)10-8-14/h3-11,13,17,20-21H,12H2,1-2H3. The van der Waals surface area contributed by atoms with Crippen molar-refractivity contribution in [1.29, 1.82) is 0 Å². The van der Waals surface area contributed by atoms with Crippen molar-refractivity contribution in [3.05, 3.63) is 65.9 Å². The Hall–Kier alpha value is -2.30. The number of aliphatic hydroxyl groups excluding tert-OH is 1. The molecule has 0 spiro atoms. The predicted molar refractivity (Wildman–Crippen MR) is 90.6 cm³/mol. The second-order valence-corrected chi connectivity index (χ2v) is 5.61. The summed E-state index contributed by atoms with van der Waals surface area (Å²) >= 11 is 0. The fourth-order valence-corrected chi connectivity index (χ4v) is 2.55. The summed E-state index contributed by atoms with van der Waals surface area (Å²) in [5.74, 6) is 1.65. The lowest BCUT2D eigenvalue weighted by atomic mass is 10.1. The van der Waals surface area contributed by atoms with E-state index < -0.39 is 6.10 Å². The van der Waals surface area contributed by atoms with Gasteiger partial charge >= 0.3 is 0 Å². The summed E-state index contributed by atoms with van der Waals surface area (Å²) in [6, 6.07) is 17.4. The van der Waals surface area contributed by atoms with Gasteiger partial charge in [-0.2, -0.15) is 0 Å². The molecule has 4 nitrogen and oxygen atoms in total. The van der Waals surface area contributed by atoms with Crippen LogP contribution in [0.25, 0.3) is 11.0 Å². The fourth-order valence-electron chi connectivity index (χ4n) is 2.55. The van der Waals surface area contributed by atoms with Gasteiger partial charge in [-0.15, -0.1) is 0 Å². The van der Waals surface area contributed by atoms with Crippen LogP contribution in [0.2, 0.25) is 0 Å². The van der Waals surface area contributed by atoms with E-state index in [9.17, 15) is 5.11 Å². The van der Waals surface area contributed by atoms with Crippen molar-refractivity contribution >= 4 is 11.0 Å². The van der Waals surface area contributed by atoms with Gasteiger partial charge in [-0.25, -0.2) is 0 Å². The van der Waals surface area contributed by atoms with Gasteiger partial charge in [0.05, 0.1) is 19.3 Å². The topological polar surface area (TPSA) is 54.6 Å². The molecular formula is C19H21NO3. The number of rotatable bonds is 6. The molecule has 3 aromatic rings. The molecule has 2 atom stereocenters. The summed E-state index contributed by atoms with van der Waals surface area (Å²) in [5.41, 5.74) is 1.74. The Morgan fingerprint density at radius 1 is 1.13 bits per heavy atom. The average Bonchev–Trinajstić information content (AvgIpc) is 3.03. The number of ether oxygens (including phenoxy) is 1. The van der Waals surface area contributed by atoms with E-state index in [1.54, 1.807) is 7.11 Å². The van der Waals surface area contributed by atoms with Gasteiger partial charge in [0, 0.05) is 11.9 Å². The maximum Gasteiger partial charge on any atom is 0.134 e. The highest BCUT2D eigenvalue weighted by atomic mass is 16.5. The Balaban J connectivity index is 1.62. The number of fused-ring (bicyclic) bond motifs is 1. The first-order chi connectivity index (χ1) is 11.2. The Bertz CT molecular complexity index is 731. The number of hydrogen-bond acceptors (Lipinski definition) is 4. The molecule has 2 unspecified atom stereocenters. The Kier molecular flexibility index (Phi) is 4.65. The van der Waals surface area contributed by atoms with Gasteiger partial charge in [0.15, 0.2) is 0 Å². The lowest BCUT2D eigenvalue weighted by molar-refractivity contribution is 0.169. The maximum atomic E-state index is 10.3. The molecular weight excluding hydrogens is 290 g/mol. The van der Waals surface area contributed by atoms with Gasteiger partial charge in [0.25, 0.3) is 0 Å². The molecule has 0 radical (unpaired) electrons. The second-order valence-electron chi connectivity index (χ2n) is 5.61. The van der Waals surface area contributed by atoms with Crippen molar-refractivity contribution in [2.75, 3.05) is 13.7 Å². The molecule has 0 aliphatic carbocycles. The van der Waals surface area contributed by atoms with E-state index in [2.05, 4.69) is 5.32 Å². The van der Waals surface area contributed by atoms with Crippen LogP contribution in [0.15, 0.2) is 59.0 Å². The van der Waals surface area contributed by atoms with Crippen molar-refractivity contribution in [2.24, 2.45) is 0 Å². The lowest BCUT2D eigenvalue weighted by Crippen LogP contribution is -2.24. The van der Waals surface area contributed by atoms with Gasteiger partial charge in [0.1, 0.15) is 17.1 Å². The SMILES string of the molecule is COc1ccc(C(O)CNC(C)c2cc3ccccc3o2)cc1. The van der Waals surface area contributed by atoms with Crippen molar-refractivity contribution < 1.29 is 14.3 Å². The van der Waals surface area contributed by atoms with Crippen LogP contribution >= 0.6 is 0 Å². The molecule has 23 heavy (non-hydrogen) atoms. The predicted octanol–water partition coefficient (Wildman–Crippen LogP) is 3.83. The number of para-hydroxylation sites is 1. The minimum atomic E-state index is -0.576. The monoisotopic (exact) mass is 311 g/mol. The van der Waals surface area contributed by atoms with Crippen molar-refractivity contribution in [1.82, 2.24) is 5.32 Å². The lowest BCUT2D eigenvalue weighted by Gasteiger charge is -2.16. The Morgan fingerprint density at radius 2 is 1.87 bits per heavy atom. The van der Waals surface area contributed by atoms with Crippen LogP contribution < -0.4 is 10.1 Å². The average molecular weight is 311 g/mol. The third-order valence-corrected chi connectivity index (χ3v) is 3.99. The van der Waals surface area contributed by atoms with Gasteiger partial charge in [0.2, 0.25) is 0 Å². The molecule has 0 fully saturated rings. The fraction of sp³-hybridized carbons (Fsp3) is 0.263. The molecule has 1 aromatic heterocycles. The summed E-state index contributed by atoms with van der Waals surface area (Å²) in [6.45, 7) is 2.48. The van der Waals surface area contributed by atoms with Crippen molar-refractivity contribution in [3.63, 3.8) is 0 Å². The first-order valence-electron chi connectivity index (χ1n) is 7.71. The zero-order chi connectivity index (χ0) is 16.2. The number of nitrogens with one attached hydrogen (secondary N) is 1. The van der Waals surface area contributed by atoms with Crippen LogP contribution in [0.4, 0.5) is 0 Å². The molecule has 0 aliphatic heterocycles. The summed E-state index contributed by atoms with van der Waals surface area (Å²) in [5, 5.41) is 14.7. The number of hydrogen-bond donors (Lipinski definition) is 2. The second kappa shape index (κ2) is 6.86. The first kappa shape index (κ1) is 15.6. The molecule has 0 saturated heterocycles. The van der Waals surface area contributed by atoms with Crippen LogP contribution in [0.1, 0.15) is 30.4 Å². The summed E-state index contributed by atoms with van der Waals surface area (Å²) in [6.07, 6.45) is -0.576. The van der Waals surface area contributed by atoms with E-state index in [-0.39, 0.29) is 6.04 Å². The van der Waals surface area contributed by atoms with E-state index >= 15 is 0 Å². The molecule has 1 heterocycles. The van der Waals surface area contributed by atoms with Crippen molar-refractivity contribution in [3.8, 4) is 5.75 Å². The number of methoxy groups -OCH3 is 1. The molecule has 4 heteroatoms. The van der Waals surface area contributed by atoms with E-state index in [1.165, 1.54) is 0 Å².